The SMILES string of the molecule is CCC(C)NC(=O)COC(=O)CCc1ccc(N)cc1. The zero-order valence-corrected chi connectivity index (χ0v) is 12.0. The highest BCUT2D eigenvalue weighted by molar-refractivity contribution is 5.80. The molecule has 1 rings (SSSR count). The van der Waals surface area contributed by atoms with Crippen molar-refractivity contribution in [1.82, 2.24) is 5.32 Å². The third-order valence-electron chi connectivity index (χ3n) is 2.98. The van der Waals surface area contributed by atoms with Crippen molar-refractivity contribution in [3.05, 3.63) is 29.8 Å². The van der Waals surface area contributed by atoms with E-state index >= 15 is 0 Å². The summed E-state index contributed by atoms with van der Waals surface area (Å²) < 4.78 is 4.92. The second kappa shape index (κ2) is 8.19. The lowest BCUT2D eigenvalue weighted by atomic mass is 10.1. The number of rotatable bonds is 7. The standard InChI is InChI=1S/C15H22N2O3/c1-3-11(2)17-14(18)10-20-15(19)9-6-12-4-7-13(16)8-5-12/h4-5,7-8,11H,3,6,9-10,16H2,1-2H3,(H,17,18). The highest BCUT2D eigenvalue weighted by Gasteiger charge is 2.09. The molecule has 5 heteroatoms. The van der Waals surface area contributed by atoms with Crippen LogP contribution in [0.4, 0.5) is 5.69 Å². The van der Waals surface area contributed by atoms with Crippen LogP contribution in [0.3, 0.4) is 0 Å². The van der Waals surface area contributed by atoms with Crippen molar-refractivity contribution >= 4 is 17.6 Å². The molecule has 0 aliphatic carbocycles. The van der Waals surface area contributed by atoms with Gasteiger partial charge in [0.05, 0.1) is 0 Å². The maximum atomic E-state index is 11.5. The van der Waals surface area contributed by atoms with Crippen LogP contribution in [0.25, 0.3) is 0 Å². The normalized spacial score (nSPS) is 11.7. The number of nitrogen functional groups attached to an aromatic ring is 1. The van der Waals surface area contributed by atoms with E-state index in [0.717, 1.165) is 12.0 Å². The van der Waals surface area contributed by atoms with Gasteiger partial charge in [0.15, 0.2) is 6.61 Å². The molecule has 0 saturated carbocycles. The second-order valence-electron chi connectivity index (χ2n) is 4.78. The van der Waals surface area contributed by atoms with Gasteiger partial charge in [-0.1, -0.05) is 19.1 Å². The summed E-state index contributed by atoms with van der Waals surface area (Å²) in [5.74, 6) is -0.638. The molecule has 1 unspecified atom stereocenters. The zero-order valence-electron chi connectivity index (χ0n) is 12.0. The van der Waals surface area contributed by atoms with Crippen LogP contribution in [-0.2, 0) is 20.7 Å². The Morgan fingerprint density at radius 1 is 1.30 bits per heavy atom. The number of benzene rings is 1. The summed E-state index contributed by atoms with van der Waals surface area (Å²) in [6, 6.07) is 7.42. The summed E-state index contributed by atoms with van der Waals surface area (Å²) in [7, 11) is 0. The average molecular weight is 278 g/mol. The number of amides is 1. The smallest absolute Gasteiger partial charge is 0.306 e. The van der Waals surface area contributed by atoms with E-state index < -0.39 is 0 Å². The summed E-state index contributed by atoms with van der Waals surface area (Å²) in [6.45, 7) is 3.66. The van der Waals surface area contributed by atoms with Crippen LogP contribution in [0.2, 0.25) is 0 Å². The van der Waals surface area contributed by atoms with Gasteiger partial charge in [-0.2, -0.15) is 0 Å². The van der Waals surface area contributed by atoms with Gasteiger partial charge < -0.3 is 15.8 Å². The predicted molar refractivity (Wildman–Crippen MR) is 78.0 cm³/mol. The van der Waals surface area contributed by atoms with Crippen molar-refractivity contribution in [3.8, 4) is 0 Å². The Labute approximate surface area is 119 Å². The Hall–Kier alpha value is -2.04. The van der Waals surface area contributed by atoms with Crippen molar-refractivity contribution in [2.24, 2.45) is 0 Å². The van der Waals surface area contributed by atoms with Gasteiger partial charge in [-0.3, -0.25) is 9.59 Å². The molecule has 0 spiro atoms. The molecular weight excluding hydrogens is 256 g/mol. The second-order valence-corrected chi connectivity index (χ2v) is 4.78. The van der Waals surface area contributed by atoms with E-state index in [1.807, 2.05) is 26.0 Å². The number of nitrogens with one attached hydrogen (secondary N) is 1. The Kier molecular flexibility index (Phi) is 6.56. The zero-order chi connectivity index (χ0) is 15.0. The number of esters is 1. The van der Waals surface area contributed by atoms with Gasteiger partial charge in [0.25, 0.3) is 5.91 Å². The van der Waals surface area contributed by atoms with Gasteiger partial charge in [-0.15, -0.1) is 0 Å². The Morgan fingerprint density at radius 2 is 1.95 bits per heavy atom. The van der Waals surface area contributed by atoms with Crippen LogP contribution in [0, 0.1) is 0 Å². The van der Waals surface area contributed by atoms with Crippen molar-refractivity contribution in [2.45, 2.75) is 39.2 Å². The molecule has 0 aliphatic heterocycles. The number of carbonyl (C=O) groups is 2. The number of hydrogen-bond donors (Lipinski definition) is 2. The molecule has 5 nitrogen and oxygen atoms in total. The monoisotopic (exact) mass is 278 g/mol. The fourth-order valence-corrected chi connectivity index (χ4v) is 1.57. The first-order valence-corrected chi connectivity index (χ1v) is 6.80. The molecule has 0 bridgehead atoms. The number of hydrogen-bond acceptors (Lipinski definition) is 4. The highest BCUT2D eigenvalue weighted by Crippen LogP contribution is 2.08. The average Bonchev–Trinajstić information content (AvgIpc) is 2.44. The largest absolute Gasteiger partial charge is 0.456 e. The minimum atomic E-state index is -0.374. The molecule has 1 amide bonds. The first-order valence-electron chi connectivity index (χ1n) is 6.80. The van der Waals surface area contributed by atoms with Crippen LogP contribution in [0.15, 0.2) is 24.3 Å². The molecule has 0 heterocycles. The molecule has 0 aromatic heterocycles. The van der Waals surface area contributed by atoms with Crippen LogP contribution >= 0.6 is 0 Å². The van der Waals surface area contributed by atoms with E-state index in [4.69, 9.17) is 10.5 Å². The summed E-state index contributed by atoms with van der Waals surface area (Å²) in [6.07, 6.45) is 1.67. The van der Waals surface area contributed by atoms with E-state index in [9.17, 15) is 9.59 Å². The fourth-order valence-electron chi connectivity index (χ4n) is 1.57. The minimum absolute atomic E-state index is 0.0935. The molecular formula is C15H22N2O3. The summed E-state index contributed by atoms with van der Waals surface area (Å²) in [4.78, 5) is 22.9. The van der Waals surface area contributed by atoms with Gasteiger partial charge in [0.1, 0.15) is 0 Å². The Morgan fingerprint density at radius 3 is 2.55 bits per heavy atom. The lowest BCUT2D eigenvalue weighted by molar-refractivity contribution is -0.148. The van der Waals surface area contributed by atoms with Gasteiger partial charge in [-0.05, 0) is 37.5 Å². The maximum Gasteiger partial charge on any atom is 0.306 e. The number of nitrogens with two attached hydrogens (primary N) is 1. The predicted octanol–water partition coefficient (Wildman–Crippen LogP) is 1.66. The van der Waals surface area contributed by atoms with Crippen LogP contribution in [-0.4, -0.2) is 24.5 Å². The van der Waals surface area contributed by atoms with Crippen molar-refractivity contribution in [2.75, 3.05) is 12.3 Å². The topological polar surface area (TPSA) is 81.4 Å². The van der Waals surface area contributed by atoms with Crippen LogP contribution < -0.4 is 11.1 Å². The number of aryl methyl sites for hydroxylation is 1. The quantitative estimate of drug-likeness (QED) is 0.587. The molecule has 20 heavy (non-hydrogen) atoms. The first-order chi connectivity index (χ1) is 9.51. The number of anilines is 1. The number of ether oxygens (including phenoxy) is 1. The van der Waals surface area contributed by atoms with Gasteiger partial charge in [0, 0.05) is 18.2 Å². The fraction of sp³-hybridized carbons (Fsp3) is 0.467. The molecule has 1 aromatic carbocycles. The molecule has 110 valence electrons. The molecule has 0 radical (unpaired) electrons. The molecule has 0 fully saturated rings. The maximum absolute atomic E-state index is 11.5. The van der Waals surface area contributed by atoms with Gasteiger partial charge in [-0.25, -0.2) is 0 Å². The summed E-state index contributed by atoms with van der Waals surface area (Å²) in [5.41, 5.74) is 7.29. The van der Waals surface area contributed by atoms with Crippen LogP contribution in [0.5, 0.6) is 0 Å². The molecule has 0 saturated heterocycles. The number of carbonyl (C=O) groups excluding carboxylic acids is 2. The van der Waals surface area contributed by atoms with E-state index in [1.54, 1.807) is 12.1 Å². The van der Waals surface area contributed by atoms with E-state index in [1.165, 1.54) is 0 Å². The minimum Gasteiger partial charge on any atom is -0.456 e. The Balaban J connectivity index is 2.23. The van der Waals surface area contributed by atoms with Crippen molar-refractivity contribution in [3.63, 3.8) is 0 Å². The third-order valence-corrected chi connectivity index (χ3v) is 2.98. The first kappa shape index (κ1) is 16.0. The lowest BCUT2D eigenvalue weighted by Crippen LogP contribution is -2.35. The summed E-state index contributed by atoms with van der Waals surface area (Å²) in [5, 5.41) is 2.73. The molecule has 1 aromatic rings. The summed E-state index contributed by atoms with van der Waals surface area (Å²) >= 11 is 0. The van der Waals surface area contributed by atoms with E-state index in [-0.39, 0.29) is 30.9 Å². The molecule has 3 N–H and O–H groups in total. The van der Waals surface area contributed by atoms with Crippen molar-refractivity contribution in [1.29, 1.82) is 0 Å². The van der Waals surface area contributed by atoms with E-state index in [2.05, 4.69) is 5.32 Å². The van der Waals surface area contributed by atoms with Crippen molar-refractivity contribution < 1.29 is 14.3 Å². The highest BCUT2D eigenvalue weighted by atomic mass is 16.5. The van der Waals surface area contributed by atoms with Crippen LogP contribution in [0.1, 0.15) is 32.3 Å². The van der Waals surface area contributed by atoms with Gasteiger partial charge in [0.2, 0.25) is 0 Å². The van der Waals surface area contributed by atoms with Gasteiger partial charge >= 0.3 is 5.97 Å². The Bertz CT molecular complexity index is 443. The lowest BCUT2D eigenvalue weighted by Gasteiger charge is -2.11. The van der Waals surface area contributed by atoms with E-state index in [0.29, 0.717) is 12.1 Å². The third kappa shape index (κ3) is 6.22. The molecule has 0 aliphatic rings. The molecule has 1 atom stereocenters.